The first-order valence-corrected chi connectivity index (χ1v) is 22.8. The number of hydrogen-bond donors (Lipinski definition) is 0. The Hall–Kier alpha value is -7.42. The van der Waals surface area contributed by atoms with Crippen molar-refractivity contribution in [2.75, 3.05) is 22.9 Å². The van der Waals surface area contributed by atoms with Gasteiger partial charge >= 0.3 is 0 Å². The van der Waals surface area contributed by atoms with Crippen molar-refractivity contribution in [3.8, 4) is 44.5 Å². The normalized spacial score (nSPS) is 15.8. The van der Waals surface area contributed by atoms with Crippen LogP contribution in [0.4, 0.5) is 22.7 Å². The summed E-state index contributed by atoms with van der Waals surface area (Å²) in [6.07, 6.45) is 9.10. The van der Waals surface area contributed by atoms with Gasteiger partial charge in [-0.15, -0.1) is 0 Å². The van der Waals surface area contributed by atoms with Crippen molar-refractivity contribution < 1.29 is 0 Å². The SMILES string of the molecule is CC1(C)c2ccccc2-c2ccc(-c3c4ccc(N5CC=Cc6ccccc65)cc4c(-c4ccc5c(c4)C(C)(C)c4ccccc4-5)c4ccc(N5CC=Cc6ccccc65)cc34)cc21. The molecule has 0 unspecified atom stereocenters. The summed E-state index contributed by atoms with van der Waals surface area (Å²) in [5.74, 6) is 0. The van der Waals surface area contributed by atoms with Gasteiger partial charge in [-0.3, -0.25) is 0 Å². The lowest BCUT2D eigenvalue weighted by Crippen LogP contribution is -2.20. The second-order valence-electron chi connectivity index (χ2n) is 19.2. The van der Waals surface area contributed by atoms with E-state index in [4.69, 9.17) is 0 Å². The van der Waals surface area contributed by atoms with E-state index in [0.717, 1.165) is 13.1 Å². The summed E-state index contributed by atoms with van der Waals surface area (Å²) in [4.78, 5) is 4.95. The van der Waals surface area contributed by atoms with E-state index in [1.54, 1.807) is 0 Å². The third-order valence-electron chi connectivity index (χ3n) is 15.1. The van der Waals surface area contributed by atoms with Gasteiger partial charge in [-0.2, -0.15) is 0 Å². The van der Waals surface area contributed by atoms with Gasteiger partial charge in [0.2, 0.25) is 0 Å². The minimum Gasteiger partial charge on any atom is -0.337 e. The summed E-state index contributed by atoms with van der Waals surface area (Å²) in [6.45, 7) is 11.2. The Morgan fingerprint density at radius 1 is 0.359 bits per heavy atom. The standard InChI is InChI=1S/C62H48N2/c1-61(2)53-21-9-7-19-45(53)47-29-25-41(35-55(47)61)59-49-31-27-44(64-34-14-18-40-16-6-12-24-58(40)64)38-52(49)60(42-26-30-48-46-20-8-10-22-54(46)62(3,4)56(48)36-42)50-32-28-43(37-51(50)59)63-33-13-17-39-15-5-11-23-57(39)63/h5-32,35-38H,33-34H2,1-4H3. The van der Waals surface area contributed by atoms with Crippen LogP contribution in [0.2, 0.25) is 0 Å². The Labute approximate surface area is 376 Å². The molecule has 306 valence electrons. The highest BCUT2D eigenvalue weighted by Gasteiger charge is 2.37. The predicted molar refractivity (Wildman–Crippen MR) is 272 cm³/mol. The lowest BCUT2D eigenvalue weighted by atomic mass is 9.79. The number of benzene rings is 9. The minimum absolute atomic E-state index is 0.125. The number of fused-ring (bicyclic) bond motifs is 10. The second kappa shape index (κ2) is 13.5. The minimum atomic E-state index is -0.125. The van der Waals surface area contributed by atoms with Gasteiger partial charge < -0.3 is 9.80 Å². The summed E-state index contributed by atoms with van der Waals surface area (Å²) in [7, 11) is 0. The maximum atomic E-state index is 2.52. The molecule has 0 radical (unpaired) electrons. The molecule has 0 fully saturated rings. The number of anilines is 4. The van der Waals surface area contributed by atoms with Crippen LogP contribution in [0.15, 0.2) is 182 Å². The first-order chi connectivity index (χ1) is 31.3. The van der Waals surface area contributed by atoms with E-state index in [0.29, 0.717) is 0 Å². The zero-order valence-corrected chi connectivity index (χ0v) is 36.8. The lowest BCUT2D eigenvalue weighted by molar-refractivity contribution is 0.660. The van der Waals surface area contributed by atoms with Gasteiger partial charge in [-0.1, -0.05) is 173 Å². The van der Waals surface area contributed by atoms with E-state index in [-0.39, 0.29) is 10.8 Å². The van der Waals surface area contributed by atoms with Gasteiger partial charge in [0.1, 0.15) is 0 Å². The van der Waals surface area contributed by atoms with Crippen LogP contribution in [-0.2, 0) is 10.8 Å². The lowest BCUT2D eigenvalue weighted by Gasteiger charge is -2.30. The average Bonchev–Trinajstić information content (AvgIpc) is 3.71. The third kappa shape index (κ3) is 5.26. The van der Waals surface area contributed by atoms with Gasteiger partial charge in [0, 0.05) is 46.7 Å². The van der Waals surface area contributed by atoms with Gasteiger partial charge in [-0.05, 0) is 148 Å². The maximum absolute atomic E-state index is 2.52. The Bertz CT molecular complexity index is 3290. The molecule has 64 heavy (non-hydrogen) atoms. The number of nitrogens with zero attached hydrogens (tertiary/aromatic N) is 2. The highest BCUT2D eigenvalue weighted by molar-refractivity contribution is 6.23. The van der Waals surface area contributed by atoms with E-state index in [1.807, 2.05) is 0 Å². The van der Waals surface area contributed by atoms with Crippen LogP contribution in [0.5, 0.6) is 0 Å². The predicted octanol–water partition coefficient (Wildman–Crippen LogP) is 16.3. The largest absolute Gasteiger partial charge is 0.337 e. The number of hydrogen-bond acceptors (Lipinski definition) is 2. The fraction of sp³-hybridized carbons (Fsp3) is 0.129. The summed E-state index contributed by atoms with van der Waals surface area (Å²) in [5.41, 5.74) is 23.1. The van der Waals surface area contributed by atoms with Crippen molar-refractivity contribution in [2.24, 2.45) is 0 Å². The zero-order chi connectivity index (χ0) is 42.9. The van der Waals surface area contributed by atoms with Crippen molar-refractivity contribution in [3.05, 3.63) is 215 Å². The van der Waals surface area contributed by atoms with E-state index in [9.17, 15) is 0 Å². The molecule has 0 spiro atoms. The Morgan fingerprint density at radius 2 is 0.766 bits per heavy atom. The Morgan fingerprint density at radius 3 is 1.23 bits per heavy atom. The van der Waals surface area contributed by atoms with E-state index < -0.39 is 0 Å². The molecule has 2 nitrogen and oxygen atoms in total. The molecule has 0 saturated carbocycles. The molecule has 0 amide bonds. The van der Waals surface area contributed by atoms with Gasteiger partial charge in [0.25, 0.3) is 0 Å². The van der Waals surface area contributed by atoms with Crippen molar-refractivity contribution in [1.29, 1.82) is 0 Å². The number of para-hydroxylation sites is 2. The molecular formula is C62H48N2. The van der Waals surface area contributed by atoms with Crippen LogP contribution >= 0.6 is 0 Å². The molecule has 2 aliphatic carbocycles. The molecule has 0 N–H and O–H groups in total. The van der Waals surface area contributed by atoms with Crippen LogP contribution in [0.1, 0.15) is 61.1 Å². The maximum Gasteiger partial charge on any atom is 0.0487 e. The topological polar surface area (TPSA) is 6.48 Å². The first-order valence-electron chi connectivity index (χ1n) is 22.8. The van der Waals surface area contributed by atoms with Crippen molar-refractivity contribution >= 4 is 56.4 Å². The Kier molecular flexibility index (Phi) is 7.86. The van der Waals surface area contributed by atoms with Gasteiger partial charge in [-0.25, -0.2) is 0 Å². The van der Waals surface area contributed by atoms with E-state index in [1.165, 1.54) is 122 Å². The summed E-state index contributed by atoms with van der Waals surface area (Å²) < 4.78 is 0. The fourth-order valence-electron chi connectivity index (χ4n) is 11.9. The van der Waals surface area contributed by atoms with Crippen LogP contribution in [-0.4, -0.2) is 13.1 Å². The molecule has 4 aliphatic rings. The highest BCUT2D eigenvalue weighted by Crippen LogP contribution is 2.54. The summed E-state index contributed by atoms with van der Waals surface area (Å²) in [6, 6.07) is 64.7. The third-order valence-corrected chi connectivity index (χ3v) is 15.1. The molecule has 2 heteroatoms. The monoisotopic (exact) mass is 820 g/mol. The molecule has 9 aromatic carbocycles. The Balaban J connectivity index is 1.12. The highest BCUT2D eigenvalue weighted by atomic mass is 15.1. The molecule has 2 aliphatic heterocycles. The molecule has 0 atom stereocenters. The first kappa shape index (κ1) is 37.2. The molecule has 0 aromatic heterocycles. The molecular weight excluding hydrogens is 773 g/mol. The van der Waals surface area contributed by atoms with Gasteiger partial charge in [0.15, 0.2) is 0 Å². The van der Waals surface area contributed by atoms with Gasteiger partial charge in [0.05, 0.1) is 0 Å². The molecule has 9 aromatic rings. The number of rotatable bonds is 4. The van der Waals surface area contributed by atoms with E-state index in [2.05, 4.69) is 232 Å². The fourth-order valence-corrected chi connectivity index (χ4v) is 11.9. The molecule has 0 bridgehead atoms. The summed E-state index contributed by atoms with van der Waals surface area (Å²) >= 11 is 0. The quantitative estimate of drug-likeness (QED) is 0.163. The van der Waals surface area contributed by atoms with Crippen LogP contribution in [0, 0.1) is 0 Å². The zero-order valence-electron chi connectivity index (χ0n) is 36.8. The molecule has 13 rings (SSSR count). The van der Waals surface area contributed by atoms with Crippen molar-refractivity contribution in [3.63, 3.8) is 0 Å². The van der Waals surface area contributed by atoms with Crippen LogP contribution in [0.3, 0.4) is 0 Å². The molecule has 0 saturated heterocycles. The van der Waals surface area contributed by atoms with Crippen molar-refractivity contribution in [1.82, 2.24) is 0 Å². The van der Waals surface area contributed by atoms with Crippen molar-refractivity contribution in [2.45, 2.75) is 38.5 Å². The summed E-state index contributed by atoms with van der Waals surface area (Å²) in [5, 5.41) is 5.06. The smallest absolute Gasteiger partial charge is 0.0487 e. The van der Waals surface area contributed by atoms with Crippen LogP contribution in [0.25, 0.3) is 78.2 Å². The molecule has 2 heterocycles. The van der Waals surface area contributed by atoms with Crippen LogP contribution < -0.4 is 9.80 Å². The average molecular weight is 821 g/mol. The van der Waals surface area contributed by atoms with E-state index >= 15 is 0 Å². The second-order valence-corrected chi connectivity index (χ2v) is 19.2.